The Morgan fingerprint density at radius 3 is 2.81 bits per heavy atom. The molecule has 0 saturated carbocycles. The molecule has 2 aliphatic heterocycles. The summed E-state index contributed by atoms with van der Waals surface area (Å²) in [5.41, 5.74) is 7.23. The van der Waals surface area contributed by atoms with Gasteiger partial charge in [0.25, 0.3) is 6.02 Å². The quantitative estimate of drug-likeness (QED) is 0.731. The first-order valence-corrected chi connectivity index (χ1v) is 8.03. The van der Waals surface area contributed by atoms with E-state index in [1.54, 1.807) is 30.7 Å². The highest BCUT2D eigenvalue weighted by Crippen LogP contribution is 2.52. The standard InChI is InChI=1S/C19H13FN4O2/c20-13-2-1-3-16-17(13)19(10-25-18(21)24-19)12-8-11(4-5-15(12)26-16)14-9-22-6-7-23-14/h1-9H,10H2,(H2,21,24). The van der Waals surface area contributed by atoms with E-state index in [0.29, 0.717) is 28.3 Å². The Kier molecular flexibility index (Phi) is 3.00. The first kappa shape index (κ1) is 14.8. The van der Waals surface area contributed by atoms with Crippen LogP contribution in [0.25, 0.3) is 11.3 Å². The van der Waals surface area contributed by atoms with Crippen LogP contribution in [0.2, 0.25) is 0 Å². The Hall–Kier alpha value is -3.48. The van der Waals surface area contributed by atoms with E-state index in [2.05, 4.69) is 15.0 Å². The number of hydrogen-bond acceptors (Lipinski definition) is 6. The normalized spacial score (nSPS) is 20.0. The maximum atomic E-state index is 14.7. The van der Waals surface area contributed by atoms with Crippen LogP contribution in [0, 0.1) is 5.82 Å². The summed E-state index contributed by atoms with van der Waals surface area (Å²) in [6.07, 6.45) is 4.88. The molecule has 3 heterocycles. The van der Waals surface area contributed by atoms with E-state index in [0.717, 1.165) is 5.56 Å². The zero-order valence-corrected chi connectivity index (χ0v) is 13.5. The van der Waals surface area contributed by atoms with Gasteiger partial charge in [0.15, 0.2) is 5.54 Å². The number of amidine groups is 1. The van der Waals surface area contributed by atoms with Gasteiger partial charge >= 0.3 is 0 Å². The van der Waals surface area contributed by atoms with Crippen LogP contribution in [0.3, 0.4) is 0 Å². The van der Waals surface area contributed by atoms with Gasteiger partial charge in [0.05, 0.1) is 17.5 Å². The lowest BCUT2D eigenvalue weighted by atomic mass is 9.80. The van der Waals surface area contributed by atoms with Crippen LogP contribution in [0.5, 0.6) is 11.5 Å². The fraction of sp³-hybridized carbons (Fsp3) is 0.105. The lowest BCUT2D eigenvalue weighted by molar-refractivity contribution is 0.259. The smallest absolute Gasteiger partial charge is 0.283 e. The number of ether oxygens (including phenoxy) is 2. The fourth-order valence-corrected chi connectivity index (χ4v) is 3.49. The van der Waals surface area contributed by atoms with Gasteiger partial charge in [0.2, 0.25) is 0 Å². The minimum absolute atomic E-state index is 0.0250. The molecule has 0 radical (unpaired) electrons. The summed E-state index contributed by atoms with van der Waals surface area (Å²) < 4.78 is 26.1. The van der Waals surface area contributed by atoms with Crippen molar-refractivity contribution in [3.63, 3.8) is 0 Å². The Morgan fingerprint density at radius 2 is 2.04 bits per heavy atom. The summed E-state index contributed by atoms with van der Waals surface area (Å²) in [5.74, 6) is 0.574. The lowest BCUT2D eigenvalue weighted by Gasteiger charge is -2.33. The van der Waals surface area contributed by atoms with Crippen molar-refractivity contribution < 1.29 is 13.9 Å². The third-order valence-corrected chi connectivity index (χ3v) is 4.62. The minimum atomic E-state index is -1.09. The van der Waals surface area contributed by atoms with Crippen LogP contribution >= 0.6 is 0 Å². The molecular weight excluding hydrogens is 335 g/mol. The second kappa shape index (κ2) is 5.26. The zero-order valence-electron chi connectivity index (χ0n) is 13.5. The van der Waals surface area contributed by atoms with E-state index in [1.165, 1.54) is 6.07 Å². The monoisotopic (exact) mass is 348 g/mol. The number of hydrogen-bond donors (Lipinski definition) is 1. The van der Waals surface area contributed by atoms with Crippen molar-refractivity contribution in [1.29, 1.82) is 0 Å². The van der Waals surface area contributed by atoms with Crippen molar-refractivity contribution >= 4 is 6.02 Å². The van der Waals surface area contributed by atoms with Gasteiger partial charge in [0.1, 0.15) is 23.9 Å². The molecule has 7 heteroatoms. The summed E-state index contributed by atoms with van der Waals surface area (Å²) in [4.78, 5) is 12.9. The molecule has 0 amide bonds. The second-order valence-electron chi connectivity index (χ2n) is 6.12. The molecule has 2 aromatic carbocycles. The first-order chi connectivity index (χ1) is 12.7. The Labute approximate surface area is 148 Å². The molecule has 0 fully saturated rings. The Bertz CT molecular complexity index is 1050. The predicted octanol–water partition coefficient (Wildman–Crippen LogP) is 2.98. The van der Waals surface area contributed by atoms with Gasteiger partial charge in [-0.3, -0.25) is 9.97 Å². The van der Waals surface area contributed by atoms with E-state index in [4.69, 9.17) is 15.2 Å². The van der Waals surface area contributed by atoms with E-state index >= 15 is 0 Å². The number of aromatic nitrogens is 2. The molecule has 1 spiro atoms. The zero-order chi connectivity index (χ0) is 17.7. The van der Waals surface area contributed by atoms with Gasteiger partial charge in [-0.1, -0.05) is 6.07 Å². The summed E-state index contributed by atoms with van der Waals surface area (Å²) in [5, 5.41) is 0. The predicted molar refractivity (Wildman–Crippen MR) is 92.3 cm³/mol. The minimum Gasteiger partial charge on any atom is -0.462 e. The molecular formula is C19H13FN4O2. The summed E-state index contributed by atoms with van der Waals surface area (Å²) in [6, 6.07) is 10.3. The number of fused-ring (bicyclic) bond motifs is 4. The lowest BCUT2D eigenvalue weighted by Crippen LogP contribution is -2.32. The van der Waals surface area contributed by atoms with Gasteiger partial charge in [-0.25, -0.2) is 9.38 Å². The van der Waals surface area contributed by atoms with Gasteiger partial charge < -0.3 is 15.2 Å². The molecule has 2 aliphatic rings. The molecule has 0 saturated heterocycles. The van der Waals surface area contributed by atoms with E-state index in [-0.39, 0.29) is 12.6 Å². The van der Waals surface area contributed by atoms with Crippen molar-refractivity contribution in [2.45, 2.75) is 5.54 Å². The topological polar surface area (TPSA) is 82.6 Å². The molecule has 0 aliphatic carbocycles. The molecule has 5 rings (SSSR count). The van der Waals surface area contributed by atoms with Crippen molar-refractivity contribution in [3.8, 4) is 22.8 Å². The van der Waals surface area contributed by atoms with Gasteiger partial charge in [-0.05, 0) is 30.3 Å². The van der Waals surface area contributed by atoms with Crippen LogP contribution in [-0.2, 0) is 10.3 Å². The molecule has 1 atom stereocenters. The molecule has 128 valence electrons. The SMILES string of the molecule is NC1=NC2(CO1)c1cc(-c3cnccn3)ccc1Oc1cccc(F)c12. The number of nitrogens with two attached hydrogens (primary N) is 1. The molecule has 6 nitrogen and oxygen atoms in total. The molecule has 26 heavy (non-hydrogen) atoms. The van der Waals surface area contributed by atoms with Gasteiger partial charge in [0, 0.05) is 23.5 Å². The van der Waals surface area contributed by atoms with E-state index < -0.39 is 11.4 Å². The third kappa shape index (κ3) is 2.00. The maximum Gasteiger partial charge on any atom is 0.283 e. The number of benzene rings is 2. The van der Waals surface area contributed by atoms with E-state index in [1.807, 2.05) is 18.2 Å². The highest BCUT2D eigenvalue weighted by Gasteiger charge is 2.48. The Morgan fingerprint density at radius 1 is 1.12 bits per heavy atom. The molecule has 0 bridgehead atoms. The first-order valence-electron chi connectivity index (χ1n) is 8.03. The number of rotatable bonds is 1. The number of aliphatic imine (C=N–C) groups is 1. The average Bonchev–Trinajstić information content (AvgIpc) is 3.04. The molecule has 1 aromatic heterocycles. The second-order valence-corrected chi connectivity index (χ2v) is 6.12. The van der Waals surface area contributed by atoms with Crippen LogP contribution < -0.4 is 10.5 Å². The van der Waals surface area contributed by atoms with Crippen LogP contribution in [0.1, 0.15) is 11.1 Å². The highest BCUT2D eigenvalue weighted by atomic mass is 19.1. The van der Waals surface area contributed by atoms with Crippen molar-refractivity contribution in [2.24, 2.45) is 10.7 Å². The maximum absolute atomic E-state index is 14.7. The fourth-order valence-electron chi connectivity index (χ4n) is 3.49. The van der Waals surface area contributed by atoms with Gasteiger partial charge in [-0.2, -0.15) is 0 Å². The molecule has 3 aromatic rings. The van der Waals surface area contributed by atoms with Gasteiger partial charge in [-0.15, -0.1) is 0 Å². The van der Waals surface area contributed by atoms with Crippen molar-refractivity contribution in [1.82, 2.24) is 9.97 Å². The molecule has 2 N–H and O–H groups in total. The molecule has 1 unspecified atom stereocenters. The van der Waals surface area contributed by atoms with E-state index in [9.17, 15) is 4.39 Å². The summed E-state index contributed by atoms with van der Waals surface area (Å²) >= 11 is 0. The average molecular weight is 348 g/mol. The largest absolute Gasteiger partial charge is 0.462 e. The number of halogens is 1. The van der Waals surface area contributed by atoms with Crippen LogP contribution in [0.15, 0.2) is 60.0 Å². The van der Waals surface area contributed by atoms with Crippen LogP contribution in [-0.4, -0.2) is 22.6 Å². The van der Waals surface area contributed by atoms with Crippen LogP contribution in [0.4, 0.5) is 4.39 Å². The summed E-state index contributed by atoms with van der Waals surface area (Å²) in [7, 11) is 0. The third-order valence-electron chi connectivity index (χ3n) is 4.62. The van der Waals surface area contributed by atoms with Crippen molar-refractivity contribution in [3.05, 3.63) is 71.9 Å². The number of nitrogens with zero attached hydrogens (tertiary/aromatic N) is 3. The van der Waals surface area contributed by atoms with Crippen molar-refractivity contribution in [2.75, 3.05) is 6.61 Å². The summed E-state index contributed by atoms with van der Waals surface area (Å²) in [6.45, 7) is 0.104. The Balaban J connectivity index is 1.78. The highest BCUT2D eigenvalue weighted by molar-refractivity contribution is 5.77.